The van der Waals surface area contributed by atoms with Crippen molar-refractivity contribution >= 4 is 45.2 Å². The molecule has 0 aromatic heterocycles. The number of halogens is 2. The number of aliphatic hydroxyl groups is 2. The Labute approximate surface area is 304 Å². The highest BCUT2D eigenvalue weighted by Crippen LogP contribution is 2.58. The maximum Gasteiger partial charge on any atom is 0.127 e. The van der Waals surface area contributed by atoms with Gasteiger partial charge in [0.1, 0.15) is 11.5 Å². The number of hydrogen-bond acceptors (Lipinski definition) is 6. The molecule has 2 saturated heterocycles. The molecular weight excluding hydrogens is 818 g/mol. The van der Waals surface area contributed by atoms with Gasteiger partial charge in [0.25, 0.3) is 0 Å². The fourth-order valence-corrected chi connectivity index (χ4v) is 8.37. The van der Waals surface area contributed by atoms with Gasteiger partial charge in [0, 0.05) is 29.1 Å². The molecule has 0 spiro atoms. The predicted molar refractivity (Wildman–Crippen MR) is 199 cm³/mol. The molecule has 2 heterocycles. The van der Waals surface area contributed by atoms with Crippen molar-refractivity contribution in [1.29, 1.82) is 0 Å². The molecule has 2 N–H and O–H groups in total. The third-order valence-electron chi connectivity index (χ3n) is 9.90. The molecule has 0 saturated carbocycles. The van der Waals surface area contributed by atoms with Crippen LogP contribution in [0.1, 0.15) is 58.4 Å². The highest BCUT2D eigenvalue weighted by Gasteiger charge is 2.47. The van der Waals surface area contributed by atoms with Gasteiger partial charge in [0.05, 0.1) is 58.3 Å². The highest BCUT2D eigenvalue weighted by molar-refractivity contribution is 14.1. The maximum atomic E-state index is 10.8. The van der Waals surface area contributed by atoms with E-state index >= 15 is 0 Å². The molecule has 0 bridgehead atoms. The second kappa shape index (κ2) is 12.6. The van der Waals surface area contributed by atoms with Crippen LogP contribution in [0.5, 0.6) is 11.5 Å². The van der Waals surface area contributed by atoms with E-state index in [4.69, 9.17) is 18.9 Å². The summed E-state index contributed by atoms with van der Waals surface area (Å²) >= 11 is 4.80. The molecule has 4 aromatic rings. The van der Waals surface area contributed by atoms with Crippen LogP contribution in [0.4, 0.5) is 0 Å². The minimum Gasteiger partial charge on any atom is -0.492 e. The summed E-state index contributed by atoms with van der Waals surface area (Å²) in [4.78, 5) is 0. The molecule has 0 unspecified atom stereocenters. The Hall–Kier alpha value is -2.22. The Kier molecular flexibility index (Phi) is 8.92. The summed E-state index contributed by atoms with van der Waals surface area (Å²) in [6.45, 7) is 11.9. The van der Waals surface area contributed by atoms with E-state index in [0.717, 1.165) is 52.0 Å². The van der Waals surface area contributed by atoms with E-state index in [0.29, 0.717) is 39.6 Å². The van der Waals surface area contributed by atoms with E-state index in [-0.39, 0.29) is 24.0 Å². The second-order valence-corrected chi connectivity index (χ2v) is 16.7. The number of hydrogen-bond donors (Lipinski definition) is 2. The molecule has 0 atom stereocenters. The van der Waals surface area contributed by atoms with Crippen molar-refractivity contribution in [3.05, 3.63) is 112 Å². The molecule has 47 heavy (non-hydrogen) atoms. The first-order valence-corrected chi connectivity index (χ1v) is 18.2. The van der Waals surface area contributed by atoms with E-state index in [2.05, 4.69) is 134 Å². The minimum atomic E-state index is -0.727. The smallest absolute Gasteiger partial charge is 0.127 e. The van der Waals surface area contributed by atoms with Crippen LogP contribution >= 0.6 is 45.2 Å². The predicted octanol–water partition coefficient (Wildman–Crippen LogP) is 7.69. The molecule has 6 nitrogen and oxygen atoms in total. The number of ether oxygens (including phenoxy) is 4. The monoisotopic (exact) mass is 858 g/mol. The molecule has 0 radical (unpaired) electrons. The van der Waals surface area contributed by atoms with Crippen molar-refractivity contribution < 1.29 is 29.2 Å². The van der Waals surface area contributed by atoms with Crippen LogP contribution in [0.25, 0.3) is 11.1 Å². The first kappa shape index (κ1) is 33.3. The molecule has 8 heteroatoms. The summed E-state index contributed by atoms with van der Waals surface area (Å²) in [7, 11) is 0. The fourth-order valence-electron chi connectivity index (χ4n) is 7.39. The number of aliphatic hydroxyl groups excluding tert-OH is 2. The van der Waals surface area contributed by atoms with Crippen molar-refractivity contribution in [2.75, 3.05) is 39.6 Å². The Morgan fingerprint density at radius 2 is 1.04 bits per heavy atom. The van der Waals surface area contributed by atoms with Gasteiger partial charge >= 0.3 is 0 Å². The zero-order valence-electron chi connectivity index (χ0n) is 27.2. The van der Waals surface area contributed by atoms with Crippen LogP contribution in [0.3, 0.4) is 0 Å². The SMILES string of the molecule is Cc1cc(C2(c3cc(C)c(OCC4(C)COC4)c(CO)c3)c3cc(I)ccc3-c3ccc(I)cc32)cc(CO)c1OCC1(C)COC1. The lowest BCUT2D eigenvalue weighted by molar-refractivity contribution is -0.120. The highest BCUT2D eigenvalue weighted by atomic mass is 127. The first-order chi connectivity index (χ1) is 22.5. The number of benzene rings is 4. The number of rotatable bonds is 10. The lowest BCUT2D eigenvalue weighted by atomic mass is 9.66. The molecule has 1 aliphatic carbocycles. The second-order valence-electron chi connectivity index (χ2n) is 14.2. The van der Waals surface area contributed by atoms with E-state index < -0.39 is 5.41 Å². The van der Waals surface area contributed by atoms with Crippen molar-refractivity contribution in [1.82, 2.24) is 0 Å². The van der Waals surface area contributed by atoms with Crippen molar-refractivity contribution in [2.24, 2.45) is 10.8 Å². The van der Waals surface area contributed by atoms with Crippen LogP contribution in [-0.2, 0) is 28.1 Å². The summed E-state index contributed by atoms with van der Waals surface area (Å²) in [5, 5.41) is 21.6. The van der Waals surface area contributed by atoms with Gasteiger partial charge in [-0.1, -0.05) is 38.1 Å². The zero-order valence-corrected chi connectivity index (χ0v) is 31.5. The topological polar surface area (TPSA) is 77.4 Å². The zero-order chi connectivity index (χ0) is 33.1. The summed E-state index contributed by atoms with van der Waals surface area (Å²) in [6.07, 6.45) is 0. The summed E-state index contributed by atoms with van der Waals surface area (Å²) < 4.78 is 26.1. The van der Waals surface area contributed by atoms with Crippen LogP contribution in [0.2, 0.25) is 0 Å². The van der Waals surface area contributed by atoms with E-state index in [1.165, 1.54) is 22.3 Å². The van der Waals surface area contributed by atoms with Gasteiger partial charge in [0.15, 0.2) is 0 Å². The number of fused-ring (bicyclic) bond motifs is 3. The molecule has 3 aliphatic rings. The minimum absolute atomic E-state index is 0.0269. The summed E-state index contributed by atoms with van der Waals surface area (Å²) in [6, 6.07) is 22.0. The first-order valence-electron chi connectivity index (χ1n) is 16.0. The molecule has 246 valence electrons. The quantitative estimate of drug-likeness (QED) is 0.141. The molecule has 2 fully saturated rings. The number of aryl methyl sites for hydroxylation is 2. The standard InChI is InChI=1S/C39H40I2O6/c1-23-9-27(11-25(15-42)35(23)46-21-37(3)17-44-18-37)39(33-13-29(40)5-7-31(33)32-8-6-30(41)14-34(32)39)28-10-24(2)36(26(12-28)16-43)47-22-38(4)19-45-20-38/h5-14,42-43H,15-22H2,1-4H3. The Morgan fingerprint density at radius 1 is 0.638 bits per heavy atom. The van der Waals surface area contributed by atoms with Crippen molar-refractivity contribution in [3.8, 4) is 22.6 Å². The van der Waals surface area contributed by atoms with Crippen molar-refractivity contribution in [2.45, 2.75) is 46.3 Å². The van der Waals surface area contributed by atoms with Gasteiger partial charge in [-0.05, 0) is 140 Å². The molecule has 0 amide bonds. The average Bonchev–Trinajstić information content (AvgIpc) is 3.30. The fraction of sp³-hybridized carbons (Fsp3) is 0.385. The normalized spacial score (nSPS) is 18.1. The van der Waals surface area contributed by atoms with Crippen LogP contribution < -0.4 is 9.47 Å². The van der Waals surface area contributed by atoms with E-state index in [1.807, 2.05) is 0 Å². The largest absolute Gasteiger partial charge is 0.492 e. The van der Waals surface area contributed by atoms with Crippen molar-refractivity contribution in [3.63, 3.8) is 0 Å². The molecule has 2 aliphatic heterocycles. The van der Waals surface area contributed by atoms with Crippen LogP contribution in [0.15, 0.2) is 60.7 Å². The Balaban J connectivity index is 1.46. The van der Waals surface area contributed by atoms with Gasteiger partial charge in [-0.25, -0.2) is 0 Å². The van der Waals surface area contributed by atoms with Gasteiger partial charge < -0.3 is 29.2 Å². The van der Waals surface area contributed by atoms with Crippen LogP contribution in [0, 0.1) is 31.8 Å². The Bertz CT molecular complexity index is 1720. The molecular formula is C39H40I2O6. The molecule has 7 rings (SSSR count). The average molecular weight is 859 g/mol. The molecule has 4 aromatic carbocycles. The van der Waals surface area contributed by atoms with E-state index in [9.17, 15) is 10.2 Å². The Morgan fingerprint density at radius 3 is 1.38 bits per heavy atom. The lowest BCUT2D eigenvalue weighted by Gasteiger charge is -2.39. The van der Waals surface area contributed by atoms with Gasteiger partial charge in [-0.2, -0.15) is 0 Å². The lowest BCUT2D eigenvalue weighted by Crippen LogP contribution is -2.44. The third kappa shape index (κ3) is 5.70. The third-order valence-corrected chi connectivity index (χ3v) is 11.2. The van der Waals surface area contributed by atoms with Gasteiger partial charge in [0.2, 0.25) is 0 Å². The summed E-state index contributed by atoms with van der Waals surface area (Å²) in [5.74, 6) is 1.46. The van der Waals surface area contributed by atoms with Gasteiger partial charge in [-0.15, -0.1) is 0 Å². The maximum absolute atomic E-state index is 10.8. The van der Waals surface area contributed by atoms with Gasteiger partial charge in [-0.3, -0.25) is 0 Å². The summed E-state index contributed by atoms with van der Waals surface area (Å²) in [5.41, 5.74) is 9.47. The van der Waals surface area contributed by atoms with E-state index in [1.54, 1.807) is 0 Å². The van der Waals surface area contributed by atoms with Crippen LogP contribution in [-0.4, -0.2) is 49.9 Å².